The van der Waals surface area contributed by atoms with Crippen molar-refractivity contribution in [2.75, 3.05) is 14.2 Å². The van der Waals surface area contributed by atoms with Gasteiger partial charge in [0.15, 0.2) is 11.5 Å². The van der Waals surface area contributed by atoms with Gasteiger partial charge < -0.3 is 9.47 Å². The van der Waals surface area contributed by atoms with E-state index in [9.17, 15) is 0 Å². The van der Waals surface area contributed by atoms with Crippen LogP contribution >= 0.6 is 0 Å². The van der Waals surface area contributed by atoms with Crippen LogP contribution in [0.4, 0.5) is 0 Å². The largest absolute Gasteiger partial charge is 0.493 e. The number of ether oxygens (including phenoxy) is 2. The monoisotopic (exact) mass is 290 g/mol. The molecule has 1 unspecified atom stereocenters. The lowest BCUT2D eigenvalue weighted by Gasteiger charge is -2.34. The summed E-state index contributed by atoms with van der Waals surface area (Å²) >= 11 is 0. The average molecular weight is 290 g/mol. The van der Waals surface area contributed by atoms with Crippen molar-refractivity contribution in [2.45, 2.75) is 58.8 Å². The summed E-state index contributed by atoms with van der Waals surface area (Å²) in [4.78, 5) is 0. The van der Waals surface area contributed by atoms with Gasteiger partial charge in [0, 0.05) is 5.56 Å². The summed E-state index contributed by atoms with van der Waals surface area (Å²) in [5, 5.41) is 0. The molecule has 1 aromatic rings. The lowest BCUT2D eigenvalue weighted by atomic mass is 9.72. The van der Waals surface area contributed by atoms with Crippen LogP contribution in [-0.4, -0.2) is 14.2 Å². The SMILES string of the molecule is CCCC[C@@H]1Cc2c(ccc(OC)c2OC)CC1CCC. The molecule has 2 nitrogen and oxygen atoms in total. The second-order valence-electron chi connectivity index (χ2n) is 6.30. The molecule has 0 radical (unpaired) electrons. The molecule has 0 saturated carbocycles. The molecule has 2 rings (SSSR count). The molecule has 0 spiro atoms. The van der Waals surface area contributed by atoms with Crippen LogP contribution in [0.5, 0.6) is 11.5 Å². The first-order valence-corrected chi connectivity index (χ1v) is 8.47. The molecule has 0 amide bonds. The van der Waals surface area contributed by atoms with Crippen molar-refractivity contribution in [3.63, 3.8) is 0 Å². The predicted octanol–water partition coefficient (Wildman–Crippen LogP) is 5.03. The molecule has 1 aromatic carbocycles. The third-order valence-electron chi connectivity index (χ3n) is 4.95. The van der Waals surface area contributed by atoms with Gasteiger partial charge in [-0.2, -0.15) is 0 Å². The molecule has 0 fully saturated rings. The van der Waals surface area contributed by atoms with Crippen LogP contribution in [0.3, 0.4) is 0 Å². The lowest BCUT2D eigenvalue weighted by Crippen LogP contribution is -2.26. The van der Waals surface area contributed by atoms with Crippen molar-refractivity contribution in [1.82, 2.24) is 0 Å². The number of hydrogen-bond acceptors (Lipinski definition) is 2. The molecule has 0 aliphatic heterocycles. The van der Waals surface area contributed by atoms with E-state index in [1.54, 1.807) is 14.2 Å². The first kappa shape index (κ1) is 16.2. The first-order valence-electron chi connectivity index (χ1n) is 8.47. The van der Waals surface area contributed by atoms with E-state index in [0.29, 0.717) is 0 Å². The molecule has 2 atom stereocenters. The van der Waals surface area contributed by atoms with E-state index in [0.717, 1.165) is 29.8 Å². The molecule has 21 heavy (non-hydrogen) atoms. The van der Waals surface area contributed by atoms with E-state index in [2.05, 4.69) is 26.0 Å². The third kappa shape index (κ3) is 3.53. The number of rotatable bonds is 7. The van der Waals surface area contributed by atoms with Gasteiger partial charge in [0.05, 0.1) is 14.2 Å². The summed E-state index contributed by atoms with van der Waals surface area (Å²) in [5.74, 6) is 3.48. The molecule has 0 bridgehead atoms. The zero-order valence-corrected chi connectivity index (χ0v) is 14.1. The summed E-state index contributed by atoms with van der Waals surface area (Å²) in [7, 11) is 3.48. The lowest BCUT2D eigenvalue weighted by molar-refractivity contribution is 0.259. The van der Waals surface area contributed by atoms with Gasteiger partial charge in [-0.1, -0.05) is 45.6 Å². The van der Waals surface area contributed by atoms with Gasteiger partial charge in [0.2, 0.25) is 0 Å². The number of fused-ring (bicyclic) bond motifs is 1. The van der Waals surface area contributed by atoms with Crippen LogP contribution in [0.1, 0.15) is 57.1 Å². The van der Waals surface area contributed by atoms with E-state index in [1.165, 1.54) is 49.7 Å². The average Bonchev–Trinajstić information content (AvgIpc) is 2.51. The zero-order chi connectivity index (χ0) is 15.2. The van der Waals surface area contributed by atoms with Crippen LogP contribution < -0.4 is 9.47 Å². The van der Waals surface area contributed by atoms with Crippen LogP contribution in [-0.2, 0) is 12.8 Å². The van der Waals surface area contributed by atoms with E-state index in [1.807, 2.05) is 0 Å². The second kappa shape index (κ2) is 7.72. The highest BCUT2D eigenvalue weighted by Crippen LogP contribution is 2.43. The smallest absolute Gasteiger partial charge is 0.164 e. The normalized spacial score (nSPS) is 21.0. The molecule has 2 heteroatoms. The molecule has 118 valence electrons. The Morgan fingerprint density at radius 1 is 0.952 bits per heavy atom. The van der Waals surface area contributed by atoms with E-state index in [-0.39, 0.29) is 0 Å². The molecule has 1 aliphatic rings. The minimum absolute atomic E-state index is 0.804. The Hall–Kier alpha value is -1.18. The summed E-state index contributed by atoms with van der Waals surface area (Å²) in [6, 6.07) is 4.31. The maximum atomic E-state index is 5.66. The maximum absolute atomic E-state index is 5.66. The molecule has 0 heterocycles. The number of unbranched alkanes of at least 4 members (excludes halogenated alkanes) is 1. The highest BCUT2D eigenvalue weighted by Gasteiger charge is 2.30. The van der Waals surface area contributed by atoms with Gasteiger partial charge in [-0.3, -0.25) is 0 Å². The fourth-order valence-corrected chi connectivity index (χ4v) is 3.84. The summed E-state index contributed by atoms with van der Waals surface area (Å²) in [6.45, 7) is 4.59. The van der Waals surface area contributed by atoms with Crippen molar-refractivity contribution in [1.29, 1.82) is 0 Å². The fraction of sp³-hybridized carbons (Fsp3) is 0.684. The van der Waals surface area contributed by atoms with E-state index < -0.39 is 0 Å². The minimum Gasteiger partial charge on any atom is -0.493 e. The van der Waals surface area contributed by atoms with E-state index >= 15 is 0 Å². The maximum Gasteiger partial charge on any atom is 0.164 e. The van der Waals surface area contributed by atoms with Gasteiger partial charge >= 0.3 is 0 Å². The van der Waals surface area contributed by atoms with E-state index in [4.69, 9.17) is 9.47 Å². The van der Waals surface area contributed by atoms with Crippen LogP contribution in [0, 0.1) is 11.8 Å². The topological polar surface area (TPSA) is 18.5 Å². The Balaban J connectivity index is 2.30. The van der Waals surface area contributed by atoms with Gasteiger partial charge in [0.25, 0.3) is 0 Å². The third-order valence-corrected chi connectivity index (χ3v) is 4.95. The molecule has 1 aliphatic carbocycles. The summed E-state index contributed by atoms with van der Waals surface area (Å²) < 4.78 is 11.1. The molecular weight excluding hydrogens is 260 g/mol. The Morgan fingerprint density at radius 3 is 2.33 bits per heavy atom. The van der Waals surface area contributed by atoms with Crippen molar-refractivity contribution < 1.29 is 9.47 Å². The standard InChI is InChI=1S/C19H30O2/c1-5-7-9-15-13-17-16(12-14(15)8-6-2)10-11-18(20-3)19(17)21-4/h10-11,14-15H,5-9,12-13H2,1-4H3/t14?,15-/m1/s1. The van der Waals surface area contributed by atoms with Crippen LogP contribution in [0.15, 0.2) is 12.1 Å². The van der Waals surface area contributed by atoms with Crippen LogP contribution in [0.2, 0.25) is 0 Å². The number of methoxy groups -OCH3 is 2. The van der Waals surface area contributed by atoms with Crippen molar-refractivity contribution in [3.05, 3.63) is 23.3 Å². The molecular formula is C19H30O2. The van der Waals surface area contributed by atoms with Crippen molar-refractivity contribution in [2.24, 2.45) is 11.8 Å². The van der Waals surface area contributed by atoms with Gasteiger partial charge in [-0.25, -0.2) is 0 Å². The minimum atomic E-state index is 0.804. The second-order valence-corrected chi connectivity index (χ2v) is 6.30. The first-order chi connectivity index (χ1) is 10.2. The van der Waals surface area contributed by atoms with Gasteiger partial charge in [-0.05, 0) is 42.7 Å². The van der Waals surface area contributed by atoms with Crippen molar-refractivity contribution in [3.8, 4) is 11.5 Å². The Morgan fingerprint density at radius 2 is 1.71 bits per heavy atom. The Bertz CT molecular complexity index is 453. The van der Waals surface area contributed by atoms with Gasteiger partial charge in [0.1, 0.15) is 0 Å². The molecule has 0 N–H and O–H groups in total. The number of benzene rings is 1. The highest BCUT2D eigenvalue weighted by molar-refractivity contribution is 5.52. The fourth-order valence-electron chi connectivity index (χ4n) is 3.84. The van der Waals surface area contributed by atoms with Crippen molar-refractivity contribution >= 4 is 0 Å². The summed E-state index contributed by atoms with van der Waals surface area (Å²) in [5.41, 5.74) is 2.86. The molecule has 0 aromatic heterocycles. The number of hydrogen-bond donors (Lipinski definition) is 0. The van der Waals surface area contributed by atoms with Gasteiger partial charge in [-0.15, -0.1) is 0 Å². The Labute approximate surface area is 129 Å². The molecule has 0 saturated heterocycles. The Kier molecular flexibility index (Phi) is 5.96. The quantitative estimate of drug-likeness (QED) is 0.701. The highest BCUT2D eigenvalue weighted by atomic mass is 16.5. The predicted molar refractivity (Wildman–Crippen MR) is 88.4 cm³/mol. The zero-order valence-electron chi connectivity index (χ0n) is 14.1. The van der Waals surface area contributed by atoms with Crippen LogP contribution in [0.25, 0.3) is 0 Å². The summed E-state index contributed by atoms with van der Waals surface area (Å²) in [6.07, 6.45) is 8.97.